The number of aliphatic hydroxyl groups excluding tert-OH is 1. The van der Waals surface area contributed by atoms with Gasteiger partial charge in [0.15, 0.2) is 23.1 Å². The van der Waals surface area contributed by atoms with Gasteiger partial charge in [-0.1, -0.05) is 30.3 Å². The number of amides is 3. The monoisotopic (exact) mass is 588 g/mol. The number of anilines is 1. The van der Waals surface area contributed by atoms with E-state index in [0.29, 0.717) is 34.8 Å². The van der Waals surface area contributed by atoms with Gasteiger partial charge in [0, 0.05) is 49.0 Å². The molecule has 0 aliphatic carbocycles. The lowest BCUT2D eigenvalue weighted by Gasteiger charge is -2.29. The number of benzene rings is 3. The Morgan fingerprint density at radius 3 is 2.53 bits per heavy atom. The van der Waals surface area contributed by atoms with Gasteiger partial charge in [-0.25, -0.2) is 9.18 Å². The van der Waals surface area contributed by atoms with Crippen LogP contribution in [0.1, 0.15) is 18.4 Å². The number of fused-ring (bicyclic) bond motifs is 1. The molecule has 4 aromatic rings. The summed E-state index contributed by atoms with van der Waals surface area (Å²) in [6, 6.07) is 17.3. The summed E-state index contributed by atoms with van der Waals surface area (Å²) in [5.41, 5.74) is 1.49. The van der Waals surface area contributed by atoms with Crippen LogP contribution in [0.2, 0.25) is 0 Å². The number of carbonyl (C=O) groups excluding carboxylic acids is 2. The summed E-state index contributed by atoms with van der Waals surface area (Å²) < 4.78 is 32.5. The van der Waals surface area contributed by atoms with Gasteiger partial charge in [-0.05, 0) is 42.7 Å². The fourth-order valence-electron chi connectivity index (χ4n) is 4.81. The molecule has 1 fully saturated rings. The van der Waals surface area contributed by atoms with Crippen molar-refractivity contribution < 1.29 is 33.3 Å². The number of urea groups is 1. The molecule has 11 heteroatoms. The lowest BCUT2D eigenvalue weighted by molar-refractivity contribution is -0.119. The van der Waals surface area contributed by atoms with E-state index >= 15 is 4.39 Å². The maximum Gasteiger partial charge on any atom is 0.325 e. The number of imide groups is 1. The van der Waals surface area contributed by atoms with Crippen molar-refractivity contribution in [3.63, 3.8) is 0 Å². The molecule has 3 aromatic carbocycles. The number of rotatable bonds is 10. The summed E-state index contributed by atoms with van der Waals surface area (Å²) >= 11 is 0. The molecule has 0 spiro atoms. The van der Waals surface area contributed by atoms with Crippen LogP contribution in [0.25, 0.3) is 10.9 Å². The highest BCUT2D eigenvalue weighted by atomic mass is 19.1. The first-order valence-electron chi connectivity index (χ1n) is 14.0. The molecule has 43 heavy (non-hydrogen) atoms. The van der Waals surface area contributed by atoms with E-state index in [9.17, 15) is 14.7 Å². The van der Waals surface area contributed by atoms with Gasteiger partial charge in [-0.15, -0.1) is 0 Å². The van der Waals surface area contributed by atoms with Crippen molar-refractivity contribution in [2.75, 3.05) is 38.7 Å². The minimum absolute atomic E-state index is 0.0398. The van der Waals surface area contributed by atoms with Gasteiger partial charge < -0.3 is 24.6 Å². The molecule has 3 N–H and O–H groups in total. The predicted octanol–water partition coefficient (Wildman–Crippen LogP) is 4.90. The van der Waals surface area contributed by atoms with Gasteiger partial charge in [-0.3, -0.25) is 20.0 Å². The molecule has 1 aliphatic rings. The Labute approximate surface area is 248 Å². The third-order valence-corrected chi connectivity index (χ3v) is 7.08. The normalized spacial score (nSPS) is 13.8. The molecule has 1 saturated heterocycles. The van der Waals surface area contributed by atoms with E-state index in [-0.39, 0.29) is 24.0 Å². The topological polar surface area (TPSA) is 122 Å². The summed E-state index contributed by atoms with van der Waals surface area (Å²) in [7, 11) is 1.54. The minimum Gasteiger partial charge on any atom is -0.493 e. The number of hydrogen-bond donors (Lipinski definition) is 3. The van der Waals surface area contributed by atoms with Crippen molar-refractivity contribution in [2.45, 2.75) is 25.4 Å². The molecule has 0 saturated carbocycles. The fraction of sp³-hybridized carbons (Fsp3) is 0.281. The van der Waals surface area contributed by atoms with E-state index in [0.717, 1.165) is 44.1 Å². The number of carbonyl (C=O) groups is 2. The van der Waals surface area contributed by atoms with Crippen molar-refractivity contribution in [2.24, 2.45) is 0 Å². The third-order valence-electron chi connectivity index (χ3n) is 7.08. The van der Waals surface area contributed by atoms with Gasteiger partial charge in [0.1, 0.15) is 12.4 Å². The van der Waals surface area contributed by atoms with Crippen LogP contribution < -0.4 is 24.8 Å². The first kappa shape index (κ1) is 29.7. The summed E-state index contributed by atoms with van der Waals surface area (Å²) in [6.07, 6.45) is 2.89. The lowest BCUT2D eigenvalue weighted by atomic mass is 10.1. The molecule has 3 amide bonds. The molecule has 0 unspecified atom stereocenters. The van der Waals surface area contributed by atoms with Crippen molar-refractivity contribution >= 4 is 28.5 Å². The molecule has 1 aliphatic heterocycles. The second-order valence-electron chi connectivity index (χ2n) is 10.2. The average Bonchev–Trinajstić information content (AvgIpc) is 2.99. The van der Waals surface area contributed by atoms with Crippen LogP contribution in [-0.4, -0.2) is 66.4 Å². The smallest absolute Gasteiger partial charge is 0.325 e. The largest absolute Gasteiger partial charge is 0.493 e. The van der Waals surface area contributed by atoms with Gasteiger partial charge in [0.25, 0.3) is 0 Å². The van der Waals surface area contributed by atoms with E-state index in [1.807, 2.05) is 6.07 Å². The quantitative estimate of drug-likeness (QED) is 0.239. The number of piperidine rings is 1. The fourth-order valence-corrected chi connectivity index (χ4v) is 4.81. The summed E-state index contributed by atoms with van der Waals surface area (Å²) in [5.74, 6) is 0.0946. The third kappa shape index (κ3) is 7.97. The molecule has 0 bridgehead atoms. The predicted molar refractivity (Wildman–Crippen MR) is 159 cm³/mol. The second kappa shape index (κ2) is 14.0. The number of nitrogens with one attached hydrogen (secondary N) is 2. The van der Waals surface area contributed by atoms with Crippen molar-refractivity contribution in [3.05, 3.63) is 84.3 Å². The molecule has 0 atom stereocenters. The second-order valence-corrected chi connectivity index (χ2v) is 10.2. The lowest BCUT2D eigenvalue weighted by Crippen LogP contribution is -2.38. The standard InChI is InChI=1S/C32H33FN4O6/c1-41-29-19-24-26(20-30(29)42-16-15-37-13-10-23(38)11-14-37)34-12-9-27(24)43-28-8-7-22(18-25(28)33)35-32(40)36-31(39)17-21-5-3-2-4-6-21/h2-9,12,18-20,23,38H,10-11,13-17H2,1H3,(H2,35,36,39,40). The molecule has 0 radical (unpaired) electrons. The van der Waals surface area contributed by atoms with Crippen LogP contribution in [0.4, 0.5) is 14.9 Å². The molecular formula is C32H33FN4O6. The molecule has 224 valence electrons. The number of aliphatic hydroxyl groups is 1. The van der Waals surface area contributed by atoms with Crippen LogP contribution in [0.5, 0.6) is 23.0 Å². The van der Waals surface area contributed by atoms with Crippen molar-refractivity contribution in [1.82, 2.24) is 15.2 Å². The summed E-state index contributed by atoms with van der Waals surface area (Å²) in [4.78, 5) is 31.1. The number of pyridine rings is 1. The zero-order valence-electron chi connectivity index (χ0n) is 23.7. The van der Waals surface area contributed by atoms with E-state index in [4.69, 9.17) is 14.2 Å². The Balaban J connectivity index is 1.22. The highest BCUT2D eigenvalue weighted by Crippen LogP contribution is 2.37. The van der Waals surface area contributed by atoms with E-state index < -0.39 is 17.8 Å². The van der Waals surface area contributed by atoms with Gasteiger partial charge in [0.2, 0.25) is 5.91 Å². The highest BCUT2D eigenvalue weighted by molar-refractivity contribution is 6.01. The summed E-state index contributed by atoms with van der Waals surface area (Å²) in [5, 5.41) is 15.0. The Kier molecular flexibility index (Phi) is 9.65. The first-order valence-corrected chi connectivity index (χ1v) is 14.0. The number of aromatic nitrogens is 1. The number of halogens is 1. The zero-order chi connectivity index (χ0) is 30.2. The Morgan fingerprint density at radius 1 is 1.00 bits per heavy atom. The number of likely N-dealkylation sites (tertiary alicyclic amines) is 1. The zero-order valence-corrected chi connectivity index (χ0v) is 23.7. The van der Waals surface area contributed by atoms with E-state index in [1.54, 1.807) is 48.7 Å². The van der Waals surface area contributed by atoms with Crippen LogP contribution in [-0.2, 0) is 11.2 Å². The van der Waals surface area contributed by atoms with Crippen molar-refractivity contribution in [3.8, 4) is 23.0 Å². The van der Waals surface area contributed by atoms with Crippen LogP contribution in [0.15, 0.2) is 72.9 Å². The molecule has 10 nitrogen and oxygen atoms in total. The number of hydrogen-bond acceptors (Lipinski definition) is 8. The number of methoxy groups -OCH3 is 1. The van der Waals surface area contributed by atoms with Crippen LogP contribution >= 0.6 is 0 Å². The SMILES string of the molecule is COc1cc2c(Oc3ccc(NC(=O)NC(=O)Cc4ccccc4)cc3F)ccnc2cc1OCCN1CCC(O)CC1. The van der Waals surface area contributed by atoms with Gasteiger partial charge in [-0.2, -0.15) is 0 Å². The minimum atomic E-state index is -0.769. The highest BCUT2D eigenvalue weighted by Gasteiger charge is 2.18. The van der Waals surface area contributed by atoms with Gasteiger partial charge >= 0.3 is 6.03 Å². The molecular weight excluding hydrogens is 555 g/mol. The summed E-state index contributed by atoms with van der Waals surface area (Å²) in [6.45, 7) is 2.83. The first-order chi connectivity index (χ1) is 20.9. The molecule has 2 heterocycles. The average molecular weight is 589 g/mol. The maximum atomic E-state index is 15.0. The van der Waals surface area contributed by atoms with Gasteiger partial charge in [0.05, 0.1) is 25.2 Å². The van der Waals surface area contributed by atoms with E-state index in [2.05, 4.69) is 20.5 Å². The molecule has 5 rings (SSSR count). The maximum absolute atomic E-state index is 15.0. The van der Waals surface area contributed by atoms with Crippen molar-refractivity contribution in [1.29, 1.82) is 0 Å². The Hall–Kier alpha value is -4.74. The molecule has 1 aromatic heterocycles. The number of ether oxygens (including phenoxy) is 3. The number of nitrogens with zero attached hydrogens (tertiary/aromatic N) is 2. The van der Waals surface area contributed by atoms with Crippen LogP contribution in [0.3, 0.4) is 0 Å². The Morgan fingerprint density at radius 2 is 1.79 bits per heavy atom. The van der Waals surface area contributed by atoms with E-state index in [1.165, 1.54) is 19.2 Å². The Bertz CT molecular complexity index is 1580. The van der Waals surface area contributed by atoms with Crippen LogP contribution in [0, 0.1) is 5.82 Å².